The topological polar surface area (TPSA) is 91.0 Å². The number of hydrogen-bond donors (Lipinski definition) is 2. The maximum Gasteiger partial charge on any atom is 0.254 e. The molecule has 0 spiro atoms. The third-order valence-electron chi connectivity index (χ3n) is 4.85. The Bertz CT molecular complexity index is 879. The highest BCUT2D eigenvalue weighted by Crippen LogP contribution is 2.32. The molecule has 7 nitrogen and oxygen atoms in total. The van der Waals surface area contributed by atoms with Crippen LogP contribution in [0.3, 0.4) is 0 Å². The lowest BCUT2D eigenvalue weighted by molar-refractivity contribution is -0.122. The van der Waals surface area contributed by atoms with E-state index in [2.05, 4.69) is 36.4 Å². The molecule has 1 aliphatic rings. The first kappa shape index (κ1) is 20.5. The standard InChI is InChI=1S/C20H26BrN5O2/c1-11(2)7-18(27)23-15-9-17(19-22-13(4)24-25-19)26(10-15)20(28)14-6-5-12(3)16(21)8-14/h5-6,8,11,15,17H,7,9-10H2,1-4H3,(H,23,27)(H,22,24,25)/t15-,17-/m0/s1. The molecule has 1 aromatic heterocycles. The Morgan fingerprint density at radius 1 is 1.36 bits per heavy atom. The van der Waals surface area contributed by atoms with Gasteiger partial charge >= 0.3 is 0 Å². The number of hydrogen-bond acceptors (Lipinski definition) is 4. The highest BCUT2D eigenvalue weighted by atomic mass is 79.9. The number of nitrogens with zero attached hydrogens (tertiary/aromatic N) is 3. The number of likely N-dealkylation sites (tertiary alicyclic amines) is 1. The Balaban J connectivity index is 1.83. The largest absolute Gasteiger partial charge is 0.351 e. The van der Waals surface area contributed by atoms with Crippen molar-refractivity contribution in [2.75, 3.05) is 6.54 Å². The lowest BCUT2D eigenvalue weighted by atomic mass is 10.1. The summed E-state index contributed by atoms with van der Waals surface area (Å²) in [4.78, 5) is 31.7. The van der Waals surface area contributed by atoms with Crippen molar-refractivity contribution < 1.29 is 9.59 Å². The van der Waals surface area contributed by atoms with E-state index < -0.39 is 0 Å². The molecule has 2 amide bonds. The van der Waals surface area contributed by atoms with Gasteiger partial charge in [0, 0.05) is 29.0 Å². The molecule has 150 valence electrons. The Kier molecular flexibility index (Phi) is 6.17. The average molecular weight is 448 g/mol. The molecule has 0 aliphatic carbocycles. The van der Waals surface area contributed by atoms with Crippen molar-refractivity contribution in [3.05, 3.63) is 45.4 Å². The molecule has 0 radical (unpaired) electrons. The molecule has 1 fully saturated rings. The number of aryl methyl sites for hydroxylation is 2. The van der Waals surface area contributed by atoms with Crippen LogP contribution in [-0.2, 0) is 4.79 Å². The molecular weight excluding hydrogens is 422 g/mol. The maximum absolute atomic E-state index is 13.2. The van der Waals surface area contributed by atoms with Gasteiger partial charge in [-0.25, -0.2) is 4.98 Å². The minimum Gasteiger partial charge on any atom is -0.351 e. The van der Waals surface area contributed by atoms with Gasteiger partial charge in [-0.3, -0.25) is 14.7 Å². The predicted molar refractivity (Wildman–Crippen MR) is 110 cm³/mol. The average Bonchev–Trinajstić information content (AvgIpc) is 3.22. The van der Waals surface area contributed by atoms with Crippen LogP contribution < -0.4 is 5.32 Å². The van der Waals surface area contributed by atoms with Gasteiger partial charge in [-0.2, -0.15) is 5.10 Å². The molecule has 2 heterocycles. The first-order chi connectivity index (χ1) is 13.2. The number of amides is 2. The van der Waals surface area contributed by atoms with E-state index in [1.54, 1.807) is 4.90 Å². The summed E-state index contributed by atoms with van der Waals surface area (Å²) in [6.07, 6.45) is 1.07. The molecule has 28 heavy (non-hydrogen) atoms. The van der Waals surface area contributed by atoms with Crippen molar-refractivity contribution in [2.24, 2.45) is 5.92 Å². The van der Waals surface area contributed by atoms with Crippen LogP contribution in [0.2, 0.25) is 0 Å². The first-order valence-electron chi connectivity index (χ1n) is 9.50. The zero-order valence-corrected chi connectivity index (χ0v) is 18.2. The van der Waals surface area contributed by atoms with Crippen molar-refractivity contribution in [2.45, 2.75) is 52.6 Å². The van der Waals surface area contributed by atoms with Gasteiger partial charge in [-0.1, -0.05) is 35.8 Å². The van der Waals surface area contributed by atoms with Crippen LogP contribution in [0, 0.1) is 19.8 Å². The summed E-state index contributed by atoms with van der Waals surface area (Å²) in [7, 11) is 0. The summed E-state index contributed by atoms with van der Waals surface area (Å²) in [6.45, 7) is 8.27. The van der Waals surface area contributed by atoms with E-state index in [1.165, 1.54) is 0 Å². The third kappa shape index (κ3) is 4.60. The fourth-order valence-corrected chi connectivity index (χ4v) is 3.85. The zero-order valence-electron chi connectivity index (χ0n) is 16.6. The number of H-pyrrole nitrogens is 1. The summed E-state index contributed by atoms with van der Waals surface area (Å²) in [5, 5.41) is 10.2. The predicted octanol–water partition coefficient (Wildman–Crippen LogP) is 3.30. The minimum atomic E-state index is -0.276. The second-order valence-electron chi connectivity index (χ2n) is 7.81. The van der Waals surface area contributed by atoms with Crippen LogP contribution in [0.4, 0.5) is 0 Å². The number of nitrogens with one attached hydrogen (secondary N) is 2. The summed E-state index contributed by atoms with van der Waals surface area (Å²) in [5.41, 5.74) is 1.67. The summed E-state index contributed by atoms with van der Waals surface area (Å²) in [6, 6.07) is 5.19. The zero-order chi connectivity index (χ0) is 20.4. The van der Waals surface area contributed by atoms with Crippen LogP contribution in [0.25, 0.3) is 0 Å². The molecular formula is C20H26BrN5O2. The fraction of sp³-hybridized carbons (Fsp3) is 0.500. The highest BCUT2D eigenvalue weighted by Gasteiger charge is 2.39. The minimum absolute atomic E-state index is 0.0114. The molecule has 2 aromatic rings. The second-order valence-corrected chi connectivity index (χ2v) is 8.67. The Hall–Kier alpha value is -2.22. The normalized spacial score (nSPS) is 19.3. The summed E-state index contributed by atoms with van der Waals surface area (Å²) < 4.78 is 0.893. The van der Waals surface area contributed by atoms with Crippen molar-refractivity contribution in [1.82, 2.24) is 25.4 Å². The van der Waals surface area contributed by atoms with Crippen molar-refractivity contribution in [3.63, 3.8) is 0 Å². The molecule has 0 bridgehead atoms. The van der Waals surface area contributed by atoms with Gasteiger partial charge in [-0.05, 0) is 43.9 Å². The molecule has 0 unspecified atom stereocenters. The number of aromatic amines is 1. The number of carbonyl (C=O) groups excluding carboxylic acids is 2. The smallest absolute Gasteiger partial charge is 0.254 e. The van der Waals surface area contributed by atoms with Gasteiger partial charge in [0.2, 0.25) is 5.91 Å². The van der Waals surface area contributed by atoms with E-state index in [9.17, 15) is 9.59 Å². The van der Waals surface area contributed by atoms with E-state index in [0.717, 1.165) is 10.0 Å². The SMILES string of the molecule is Cc1nc([C@@H]2C[C@H](NC(=O)CC(C)C)CN2C(=O)c2ccc(C)c(Br)c2)n[nH]1. The van der Waals surface area contributed by atoms with Gasteiger partial charge in [0.15, 0.2) is 5.82 Å². The maximum atomic E-state index is 13.2. The van der Waals surface area contributed by atoms with Crippen LogP contribution in [0.15, 0.2) is 22.7 Å². The van der Waals surface area contributed by atoms with Crippen molar-refractivity contribution >= 4 is 27.7 Å². The van der Waals surface area contributed by atoms with Crippen LogP contribution in [0.1, 0.15) is 60.3 Å². The summed E-state index contributed by atoms with van der Waals surface area (Å²) in [5.74, 6) is 1.49. The monoisotopic (exact) mass is 447 g/mol. The van der Waals surface area contributed by atoms with Gasteiger partial charge < -0.3 is 10.2 Å². The van der Waals surface area contributed by atoms with Gasteiger partial charge in [-0.15, -0.1) is 0 Å². The second kappa shape index (κ2) is 8.43. The molecule has 1 aromatic carbocycles. The molecule has 0 saturated carbocycles. The number of rotatable bonds is 5. The molecule has 2 N–H and O–H groups in total. The number of benzene rings is 1. The fourth-order valence-electron chi connectivity index (χ4n) is 3.47. The molecule has 2 atom stereocenters. The molecule has 1 aliphatic heterocycles. The van der Waals surface area contributed by atoms with Crippen LogP contribution in [0.5, 0.6) is 0 Å². The van der Waals surface area contributed by atoms with Crippen molar-refractivity contribution in [1.29, 1.82) is 0 Å². The quantitative estimate of drug-likeness (QED) is 0.735. The Labute approximate surface area is 173 Å². The Morgan fingerprint density at radius 2 is 2.11 bits per heavy atom. The third-order valence-corrected chi connectivity index (χ3v) is 5.71. The first-order valence-corrected chi connectivity index (χ1v) is 10.3. The van der Waals surface area contributed by atoms with E-state index >= 15 is 0 Å². The number of carbonyl (C=O) groups is 2. The van der Waals surface area contributed by atoms with E-state index in [0.29, 0.717) is 36.6 Å². The van der Waals surface area contributed by atoms with E-state index in [1.807, 2.05) is 45.9 Å². The van der Waals surface area contributed by atoms with Crippen LogP contribution >= 0.6 is 15.9 Å². The lowest BCUT2D eigenvalue weighted by Crippen LogP contribution is -2.39. The molecule has 1 saturated heterocycles. The number of aromatic nitrogens is 3. The van der Waals surface area contributed by atoms with Crippen LogP contribution in [-0.4, -0.2) is 44.5 Å². The van der Waals surface area contributed by atoms with Gasteiger partial charge in [0.1, 0.15) is 5.82 Å². The van der Waals surface area contributed by atoms with Gasteiger partial charge in [0.25, 0.3) is 5.91 Å². The van der Waals surface area contributed by atoms with Crippen molar-refractivity contribution in [3.8, 4) is 0 Å². The highest BCUT2D eigenvalue weighted by molar-refractivity contribution is 9.10. The Morgan fingerprint density at radius 3 is 2.71 bits per heavy atom. The van der Waals surface area contributed by atoms with E-state index in [4.69, 9.17) is 0 Å². The van der Waals surface area contributed by atoms with E-state index in [-0.39, 0.29) is 29.8 Å². The van der Waals surface area contributed by atoms with Gasteiger partial charge in [0.05, 0.1) is 6.04 Å². The lowest BCUT2D eigenvalue weighted by Gasteiger charge is -2.22. The summed E-state index contributed by atoms with van der Waals surface area (Å²) >= 11 is 3.50. The number of halogens is 1. The molecule has 8 heteroatoms. The molecule has 3 rings (SSSR count).